The number of ether oxygens (including phenoxy) is 1. The third-order valence-electron chi connectivity index (χ3n) is 3.85. The third kappa shape index (κ3) is 6.30. The van der Waals surface area contributed by atoms with Crippen molar-refractivity contribution in [2.24, 2.45) is 0 Å². The Balaban J connectivity index is 2.63. The van der Waals surface area contributed by atoms with E-state index in [4.69, 9.17) is 4.74 Å². The number of rotatable bonds is 9. The zero-order chi connectivity index (χ0) is 15.7. The molecule has 21 heavy (non-hydrogen) atoms. The van der Waals surface area contributed by atoms with Gasteiger partial charge in [0.1, 0.15) is 0 Å². The molecule has 0 radical (unpaired) electrons. The Morgan fingerprint density at radius 1 is 1.19 bits per heavy atom. The lowest BCUT2D eigenvalue weighted by molar-refractivity contribution is -0.143. The minimum atomic E-state index is -0.125. The van der Waals surface area contributed by atoms with Crippen LogP contribution in [-0.4, -0.2) is 25.2 Å². The molecular weight excluding hydrogens is 262 g/mol. The van der Waals surface area contributed by atoms with E-state index in [-0.39, 0.29) is 12.0 Å². The van der Waals surface area contributed by atoms with Crippen LogP contribution in [0.15, 0.2) is 24.3 Å². The van der Waals surface area contributed by atoms with E-state index in [9.17, 15) is 4.79 Å². The van der Waals surface area contributed by atoms with E-state index >= 15 is 0 Å². The maximum atomic E-state index is 11.6. The van der Waals surface area contributed by atoms with Gasteiger partial charge < -0.3 is 10.1 Å². The van der Waals surface area contributed by atoms with Gasteiger partial charge in [0.05, 0.1) is 13.0 Å². The van der Waals surface area contributed by atoms with Gasteiger partial charge in [0.15, 0.2) is 0 Å². The van der Waals surface area contributed by atoms with Crippen molar-refractivity contribution >= 4 is 5.97 Å². The molecule has 0 aliphatic rings. The quantitative estimate of drug-likeness (QED) is 0.705. The molecule has 0 saturated carbocycles. The monoisotopic (exact) mass is 291 g/mol. The van der Waals surface area contributed by atoms with Gasteiger partial charge in [-0.05, 0) is 43.4 Å². The first kappa shape index (κ1) is 17.7. The van der Waals surface area contributed by atoms with Gasteiger partial charge in [-0.3, -0.25) is 4.79 Å². The summed E-state index contributed by atoms with van der Waals surface area (Å²) in [6.07, 6.45) is 2.43. The number of likely N-dealkylation sites (N-methyl/N-ethyl adjacent to an activating group) is 1. The number of carbonyl (C=O) groups is 1. The molecule has 118 valence electrons. The highest BCUT2D eigenvalue weighted by Gasteiger charge is 2.14. The van der Waals surface area contributed by atoms with Crippen molar-refractivity contribution in [1.29, 1.82) is 0 Å². The third-order valence-corrected chi connectivity index (χ3v) is 3.85. The maximum absolute atomic E-state index is 11.6. The Morgan fingerprint density at radius 2 is 1.86 bits per heavy atom. The molecule has 3 heteroatoms. The minimum Gasteiger partial charge on any atom is -0.466 e. The molecule has 1 aromatic rings. The number of esters is 1. The van der Waals surface area contributed by atoms with Crippen molar-refractivity contribution in [2.45, 2.75) is 58.9 Å². The highest BCUT2D eigenvalue weighted by molar-refractivity contribution is 5.70. The van der Waals surface area contributed by atoms with Gasteiger partial charge in [0.2, 0.25) is 0 Å². The van der Waals surface area contributed by atoms with Crippen LogP contribution in [0.25, 0.3) is 0 Å². The summed E-state index contributed by atoms with van der Waals surface area (Å²) in [5.74, 6) is 0.475. The topological polar surface area (TPSA) is 38.3 Å². The summed E-state index contributed by atoms with van der Waals surface area (Å²) < 4.78 is 5.04. The maximum Gasteiger partial charge on any atom is 0.307 e. The Kier molecular flexibility index (Phi) is 8.06. The Bertz CT molecular complexity index is 414. The van der Waals surface area contributed by atoms with Crippen molar-refractivity contribution in [3.8, 4) is 0 Å². The smallest absolute Gasteiger partial charge is 0.307 e. The Hall–Kier alpha value is -1.35. The standard InChI is InChI=1S/C18H29NO2/c1-5-14(4)16-10-8-15(9-11-16)12-17(19-6-2)13-18(20)21-7-3/h8-11,14,17,19H,5-7,12-13H2,1-4H3. The molecule has 1 aromatic carbocycles. The van der Waals surface area contributed by atoms with Crippen LogP contribution in [0.1, 0.15) is 57.6 Å². The van der Waals surface area contributed by atoms with Crippen LogP contribution >= 0.6 is 0 Å². The number of carbonyl (C=O) groups excluding carboxylic acids is 1. The summed E-state index contributed by atoms with van der Waals surface area (Å²) in [7, 11) is 0. The molecular formula is C18H29NO2. The van der Waals surface area contributed by atoms with Crippen LogP contribution in [0.3, 0.4) is 0 Å². The van der Waals surface area contributed by atoms with Crippen molar-refractivity contribution in [3.05, 3.63) is 35.4 Å². The molecule has 0 heterocycles. The lowest BCUT2D eigenvalue weighted by Gasteiger charge is -2.17. The number of benzene rings is 1. The van der Waals surface area contributed by atoms with E-state index in [0.29, 0.717) is 18.9 Å². The Labute approximate surface area is 129 Å². The molecule has 1 N–H and O–H groups in total. The average Bonchev–Trinajstić information content (AvgIpc) is 2.47. The van der Waals surface area contributed by atoms with Gasteiger partial charge >= 0.3 is 5.97 Å². The van der Waals surface area contributed by atoms with Crippen LogP contribution < -0.4 is 5.32 Å². The van der Waals surface area contributed by atoms with Crippen LogP contribution in [0.2, 0.25) is 0 Å². The van der Waals surface area contributed by atoms with E-state index in [1.165, 1.54) is 11.1 Å². The first-order valence-electron chi connectivity index (χ1n) is 8.08. The fraction of sp³-hybridized carbons (Fsp3) is 0.611. The number of hydrogen-bond donors (Lipinski definition) is 1. The molecule has 2 unspecified atom stereocenters. The molecule has 0 aliphatic carbocycles. The van der Waals surface area contributed by atoms with Gasteiger partial charge in [-0.15, -0.1) is 0 Å². The molecule has 3 nitrogen and oxygen atoms in total. The van der Waals surface area contributed by atoms with Crippen molar-refractivity contribution in [3.63, 3.8) is 0 Å². The lowest BCUT2D eigenvalue weighted by Crippen LogP contribution is -2.33. The summed E-state index contributed by atoms with van der Waals surface area (Å²) >= 11 is 0. The van der Waals surface area contributed by atoms with Crippen LogP contribution in [0.4, 0.5) is 0 Å². The molecule has 0 amide bonds. The van der Waals surface area contributed by atoms with Crippen molar-refractivity contribution < 1.29 is 9.53 Å². The zero-order valence-electron chi connectivity index (χ0n) is 13.8. The molecule has 0 aliphatic heterocycles. The van der Waals surface area contributed by atoms with E-state index in [2.05, 4.69) is 50.4 Å². The second-order valence-corrected chi connectivity index (χ2v) is 5.52. The highest BCUT2D eigenvalue weighted by Crippen LogP contribution is 2.19. The normalized spacial score (nSPS) is 13.7. The first-order chi connectivity index (χ1) is 10.1. The van der Waals surface area contributed by atoms with Gasteiger partial charge in [-0.25, -0.2) is 0 Å². The van der Waals surface area contributed by atoms with Crippen molar-refractivity contribution in [1.82, 2.24) is 5.32 Å². The molecule has 0 bridgehead atoms. The summed E-state index contributed by atoms with van der Waals surface area (Å²) in [5, 5.41) is 3.37. The van der Waals surface area contributed by atoms with Crippen LogP contribution in [-0.2, 0) is 16.0 Å². The number of hydrogen-bond acceptors (Lipinski definition) is 3. The summed E-state index contributed by atoms with van der Waals surface area (Å²) in [6, 6.07) is 8.91. The summed E-state index contributed by atoms with van der Waals surface area (Å²) in [4.78, 5) is 11.6. The van der Waals surface area contributed by atoms with Gasteiger partial charge in [-0.1, -0.05) is 45.0 Å². The zero-order valence-corrected chi connectivity index (χ0v) is 13.8. The van der Waals surface area contributed by atoms with Crippen molar-refractivity contribution in [2.75, 3.05) is 13.2 Å². The molecule has 0 spiro atoms. The van der Waals surface area contributed by atoms with E-state index < -0.39 is 0 Å². The van der Waals surface area contributed by atoms with Crippen LogP contribution in [0.5, 0.6) is 0 Å². The predicted molar refractivity (Wildman–Crippen MR) is 87.6 cm³/mol. The average molecular weight is 291 g/mol. The second kappa shape index (κ2) is 9.56. The van der Waals surface area contributed by atoms with Gasteiger partial charge in [-0.2, -0.15) is 0 Å². The second-order valence-electron chi connectivity index (χ2n) is 5.52. The highest BCUT2D eigenvalue weighted by atomic mass is 16.5. The summed E-state index contributed by atoms with van der Waals surface area (Å²) in [6.45, 7) is 9.66. The molecule has 0 aromatic heterocycles. The molecule has 2 atom stereocenters. The first-order valence-corrected chi connectivity index (χ1v) is 8.08. The van der Waals surface area contributed by atoms with Crippen LogP contribution in [0, 0.1) is 0 Å². The Morgan fingerprint density at radius 3 is 2.38 bits per heavy atom. The molecule has 1 rings (SSSR count). The number of nitrogens with one attached hydrogen (secondary N) is 1. The lowest BCUT2D eigenvalue weighted by atomic mass is 9.95. The minimum absolute atomic E-state index is 0.125. The van der Waals surface area contributed by atoms with E-state index in [0.717, 1.165) is 19.4 Å². The largest absolute Gasteiger partial charge is 0.466 e. The fourth-order valence-electron chi connectivity index (χ4n) is 2.43. The SMILES string of the molecule is CCNC(CC(=O)OCC)Cc1ccc(C(C)CC)cc1. The van der Waals surface area contributed by atoms with Gasteiger partial charge in [0, 0.05) is 6.04 Å². The van der Waals surface area contributed by atoms with E-state index in [1.54, 1.807) is 0 Å². The molecule has 0 saturated heterocycles. The fourth-order valence-corrected chi connectivity index (χ4v) is 2.43. The molecule has 0 fully saturated rings. The predicted octanol–water partition coefficient (Wildman–Crippen LogP) is 3.67. The summed E-state index contributed by atoms with van der Waals surface area (Å²) in [5.41, 5.74) is 2.64. The van der Waals surface area contributed by atoms with Gasteiger partial charge in [0.25, 0.3) is 0 Å². The van der Waals surface area contributed by atoms with E-state index in [1.807, 2.05) is 6.92 Å².